The molecule has 1 aliphatic heterocycles. The number of nitrogens with one attached hydrogen (secondary N) is 1. The number of carbonyl (C=O) groups is 1. The van der Waals surface area contributed by atoms with E-state index >= 15 is 0 Å². The van der Waals surface area contributed by atoms with Gasteiger partial charge in [0.15, 0.2) is 0 Å². The molecule has 1 heterocycles. The Morgan fingerprint density at radius 3 is 2.56 bits per heavy atom. The van der Waals surface area contributed by atoms with Gasteiger partial charge in [-0.3, -0.25) is 4.79 Å². The average molecular weight is 228 g/mol. The molecule has 0 radical (unpaired) electrons. The van der Waals surface area contributed by atoms with E-state index in [9.17, 15) is 4.79 Å². The van der Waals surface area contributed by atoms with Crippen molar-refractivity contribution < 1.29 is 9.53 Å². The Kier molecular flexibility index (Phi) is 4.74. The van der Waals surface area contributed by atoms with E-state index in [1.807, 2.05) is 13.8 Å². The summed E-state index contributed by atoms with van der Waals surface area (Å²) >= 11 is 0. The van der Waals surface area contributed by atoms with Crippen LogP contribution in [0.25, 0.3) is 0 Å². The third-order valence-electron chi connectivity index (χ3n) is 3.58. The summed E-state index contributed by atoms with van der Waals surface area (Å²) in [4.78, 5) is 11.9. The van der Waals surface area contributed by atoms with Gasteiger partial charge in [-0.05, 0) is 25.7 Å². The molecule has 4 heteroatoms. The molecule has 1 fully saturated rings. The highest BCUT2D eigenvalue weighted by Crippen LogP contribution is 2.20. The van der Waals surface area contributed by atoms with Crippen molar-refractivity contribution in [2.45, 2.75) is 51.6 Å². The van der Waals surface area contributed by atoms with Crippen LogP contribution < -0.4 is 11.1 Å². The van der Waals surface area contributed by atoms with Crippen molar-refractivity contribution in [3.8, 4) is 0 Å². The predicted octanol–water partition coefficient (Wildman–Crippen LogP) is 1.05. The quantitative estimate of drug-likeness (QED) is 0.756. The molecule has 3 N–H and O–H groups in total. The molecule has 1 unspecified atom stereocenters. The SMILES string of the molecule is CCC(C)[C@H](N)C(=O)NC1(C)CCOCC1. The number of carbonyl (C=O) groups excluding carboxylic acids is 1. The second-order valence-electron chi connectivity index (χ2n) is 5.07. The van der Waals surface area contributed by atoms with Gasteiger partial charge >= 0.3 is 0 Å². The lowest BCUT2D eigenvalue weighted by atomic mass is 9.91. The number of amides is 1. The van der Waals surface area contributed by atoms with E-state index in [-0.39, 0.29) is 17.4 Å². The molecule has 1 saturated heterocycles. The summed E-state index contributed by atoms with van der Waals surface area (Å²) in [7, 11) is 0. The standard InChI is InChI=1S/C12H24N2O2/c1-4-9(2)10(13)11(15)14-12(3)5-7-16-8-6-12/h9-10H,4-8,13H2,1-3H3,(H,14,15)/t9?,10-/m0/s1. The van der Waals surface area contributed by atoms with E-state index in [0.717, 1.165) is 32.5 Å². The lowest BCUT2D eigenvalue weighted by molar-refractivity contribution is -0.126. The first-order valence-corrected chi connectivity index (χ1v) is 6.14. The van der Waals surface area contributed by atoms with Crippen molar-refractivity contribution in [1.82, 2.24) is 5.32 Å². The molecular weight excluding hydrogens is 204 g/mol. The van der Waals surface area contributed by atoms with Crippen LogP contribution in [0.4, 0.5) is 0 Å². The van der Waals surface area contributed by atoms with Crippen molar-refractivity contribution in [2.75, 3.05) is 13.2 Å². The first kappa shape index (κ1) is 13.5. The molecule has 2 atom stereocenters. The van der Waals surface area contributed by atoms with Gasteiger partial charge in [0.2, 0.25) is 5.91 Å². The van der Waals surface area contributed by atoms with Crippen LogP contribution in [-0.2, 0) is 9.53 Å². The highest BCUT2D eigenvalue weighted by Gasteiger charge is 2.31. The minimum absolute atomic E-state index is 0.0289. The zero-order valence-corrected chi connectivity index (χ0v) is 10.6. The monoisotopic (exact) mass is 228 g/mol. The van der Waals surface area contributed by atoms with Crippen molar-refractivity contribution in [1.29, 1.82) is 0 Å². The van der Waals surface area contributed by atoms with Gasteiger partial charge < -0.3 is 15.8 Å². The fraction of sp³-hybridized carbons (Fsp3) is 0.917. The van der Waals surface area contributed by atoms with E-state index in [4.69, 9.17) is 10.5 Å². The molecule has 0 aromatic carbocycles. The maximum atomic E-state index is 11.9. The molecule has 0 saturated carbocycles. The second-order valence-corrected chi connectivity index (χ2v) is 5.07. The van der Waals surface area contributed by atoms with Crippen LogP contribution in [-0.4, -0.2) is 30.7 Å². The maximum absolute atomic E-state index is 11.9. The maximum Gasteiger partial charge on any atom is 0.237 e. The summed E-state index contributed by atoms with van der Waals surface area (Å²) < 4.78 is 5.29. The minimum atomic E-state index is -0.398. The summed E-state index contributed by atoms with van der Waals surface area (Å²) in [6.07, 6.45) is 2.66. The van der Waals surface area contributed by atoms with Crippen molar-refractivity contribution >= 4 is 5.91 Å². The Hall–Kier alpha value is -0.610. The molecule has 1 amide bonds. The molecule has 0 spiro atoms. The van der Waals surface area contributed by atoms with Gasteiger partial charge in [0.1, 0.15) is 0 Å². The Bertz CT molecular complexity index is 237. The third kappa shape index (κ3) is 3.46. The largest absolute Gasteiger partial charge is 0.381 e. The van der Waals surface area contributed by atoms with Crippen LogP contribution in [0.5, 0.6) is 0 Å². The van der Waals surface area contributed by atoms with Gasteiger partial charge in [-0.2, -0.15) is 0 Å². The molecule has 0 bridgehead atoms. The van der Waals surface area contributed by atoms with E-state index < -0.39 is 6.04 Å². The first-order chi connectivity index (χ1) is 7.48. The van der Waals surface area contributed by atoms with Gasteiger partial charge in [0.05, 0.1) is 6.04 Å². The van der Waals surface area contributed by atoms with Gasteiger partial charge in [-0.15, -0.1) is 0 Å². The Balaban J connectivity index is 2.49. The van der Waals surface area contributed by atoms with E-state index in [1.54, 1.807) is 0 Å². The predicted molar refractivity (Wildman–Crippen MR) is 64.0 cm³/mol. The summed E-state index contributed by atoms with van der Waals surface area (Å²) in [5.41, 5.74) is 5.77. The van der Waals surface area contributed by atoms with Crippen LogP contribution in [0.2, 0.25) is 0 Å². The number of hydrogen-bond acceptors (Lipinski definition) is 3. The molecule has 1 rings (SSSR count). The summed E-state index contributed by atoms with van der Waals surface area (Å²) in [6.45, 7) is 7.56. The molecular formula is C12H24N2O2. The molecule has 0 aromatic heterocycles. The Morgan fingerprint density at radius 2 is 2.06 bits per heavy atom. The molecule has 94 valence electrons. The van der Waals surface area contributed by atoms with Gasteiger partial charge in [-0.25, -0.2) is 0 Å². The van der Waals surface area contributed by atoms with Gasteiger partial charge in [-0.1, -0.05) is 20.3 Å². The number of hydrogen-bond donors (Lipinski definition) is 2. The van der Waals surface area contributed by atoms with Crippen molar-refractivity contribution in [2.24, 2.45) is 11.7 Å². The van der Waals surface area contributed by atoms with Crippen LogP contribution in [0.1, 0.15) is 40.0 Å². The molecule has 1 aliphatic rings. The zero-order chi connectivity index (χ0) is 12.2. The highest BCUT2D eigenvalue weighted by molar-refractivity contribution is 5.82. The Labute approximate surface area is 97.9 Å². The van der Waals surface area contributed by atoms with Crippen LogP contribution in [0, 0.1) is 5.92 Å². The summed E-state index contributed by atoms with van der Waals surface area (Å²) in [6, 6.07) is -0.398. The lowest BCUT2D eigenvalue weighted by Gasteiger charge is -2.35. The van der Waals surface area contributed by atoms with Crippen molar-refractivity contribution in [3.63, 3.8) is 0 Å². The normalized spacial score (nSPS) is 23.5. The van der Waals surface area contributed by atoms with Crippen LogP contribution >= 0.6 is 0 Å². The highest BCUT2D eigenvalue weighted by atomic mass is 16.5. The Morgan fingerprint density at radius 1 is 1.50 bits per heavy atom. The van der Waals surface area contributed by atoms with Gasteiger partial charge in [0.25, 0.3) is 0 Å². The number of nitrogens with two attached hydrogens (primary N) is 1. The van der Waals surface area contributed by atoms with Gasteiger partial charge in [0, 0.05) is 18.8 Å². The number of rotatable bonds is 4. The minimum Gasteiger partial charge on any atom is -0.381 e. The van der Waals surface area contributed by atoms with E-state index in [2.05, 4.69) is 12.2 Å². The van der Waals surface area contributed by atoms with Crippen LogP contribution in [0.3, 0.4) is 0 Å². The van der Waals surface area contributed by atoms with Crippen LogP contribution in [0.15, 0.2) is 0 Å². The summed E-state index contributed by atoms with van der Waals surface area (Å²) in [5, 5.41) is 3.07. The lowest BCUT2D eigenvalue weighted by Crippen LogP contribution is -2.55. The molecule has 4 nitrogen and oxygen atoms in total. The van der Waals surface area contributed by atoms with E-state index in [0.29, 0.717) is 0 Å². The molecule has 0 aliphatic carbocycles. The molecule has 0 aromatic rings. The first-order valence-electron chi connectivity index (χ1n) is 6.14. The van der Waals surface area contributed by atoms with E-state index in [1.165, 1.54) is 0 Å². The smallest absolute Gasteiger partial charge is 0.237 e. The average Bonchev–Trinajstić information content (AvgIpc) is 2.27. The second kappa shape index (κ2) is 5.64. The fourth-order valence-electron chi connectivity index (χ4n) is 1.84. The van der Waals surface area contributed by atoms with Crippen molar-refractivity contribution in [3.05, 3.63) is 0 Å². The number of ether oxygens (including phenoxy) is 1. The fourth-order valence-corrected chi connectivity index (χ4v) is 1.84. The zero-order valence-electron chi connectivity index (χ0n) is 10.6. The topological polar surface area (TPSA) is 64.4 Å². The third-order valence-corrected chi connectivity index (χ3v) is 3.58. The summed E-state index contributed by atoms with van der Waals surface area (Å²) in [5.74, 6) is 0.196. The molecule has 16 heavy (non-hydrogen) atoms.